The summed E-state index contributed by atoms with van der Waals surface area (Å²) in [6.07, 6.45) is 0. The predicted molar refractivity (Wildman–Crippen MR) is 98.4 cm³/mol. The Balaban J connectivity index is 2.57. The number of nitro groups is 1. The van der Waals surface area contributed by atoms with Gasteiger partial charge in [0.2, 0.25) is 5.91 Å². The number of hydrogen-bond acceptors (Lipinski definition) is 6. The third-order valence-electron chi connectivity index (χ3n) is 3.33. The van der Waals surface area contributed by atoms with Gasteiger partial charge in [-0.3, -0.25) is 24.5 Å². The monoisotopic (exact) mass is 410 g/mol. The third-order valence-corrected chi connectivity index (χ3v) is 3.86. The topological polar surface area (TPSA) is 107 Å². The van der Waals surface area contributed by atoms with E-state index in [-0.39, 0.29) is 32.7 Å². The van der Waals surface area contributed by atoms with E-state index in [1.807, 2.05) is 0 Å². The summed E-state index contributed by atoms with van der Waals surface area (Å²) < 4.78 is 4.99. The Hall–Kier alpha value is -2.97. The summed E-state index contributed by atoms with van der Waals surface area (Å²) in [7, 11) is 0. The number of nitrogens with zero attached hydrogens (tertiary/aromatic N) is 2. The van der Waals surface area contributed by atoms with Gasteiger partial charge < -0.3 is 4.74 Å². The average Bonchev–Trinajstić information content (AvgIpc) is 2.57. The van der Waals surface area contributed by atoms with Crippen molar-refractivity contribution >= 4 is 52.4 Å². The highest BCUT2D eigenvalue weighted by Crippen LogP contribution is 2.33. The van der Waals surface area contributed by atoms with Gasteiger partial charge in [-0.2, -0.15) is 0 Å². The molecule has 2 aromatic carbocycles. The number of non-ortho nitro benzene ring substituents is 1. The van der Waals surface area contributed by atoms with Crippen LogP contribution in [0.15, 0.2) is 36.4 Å². The van der Waals surface area contributed by atoms with Crippen molar-refractivity contribution in [2.24, 2.45) is 0 Å². The number of carbonyl (C=O) groups excluding carboxylic acids is 3. The summed E-state index contributed by atoms with van der Waals surface area (Å²) in [5, 5.41) is 10.8. The van der Waals surface area contributed by atoms with Crippen LogP contribution in [0, 0.1) is 10.1 Å². The van der Waals surface area contributed by atoms with Gasteiger partial charge >= 0.3 is 5.97 Å². The number of rotatable bonds is 4. The number of ether oxygens (including phenoxy) is 1. The van der Waals surface area contributed by atoms with E-state index in [0.29, 0.717) is 4.90 Å². The quantitative estimate of drug-likeness (QED) is 0.326. The van der Waals surface area contributed by atoms with Crippen LogP contribution in [0.5, 0.6) is 5.75 Å². The second-order valence-electron chi connectivity index (χ2n) is 5.29. The maximum absolute atomic E-state index is 13.0. The van der Waals surface area contributed by atoms with Gasteiger partial charge in [-0.1, -0.05) is 23.2 Å². The Bertz CT molecular complexity index is 960. The minimum absolute atomic E-state index is 0.0616. The fourth-order valence-corrected chi connectivity index (χ4v) is 2.68. The van der Waals surface area contributed by atoms with Gasteiger partial charge in [0, 0.05) is 31.0 Å². The zero-order valence-electron chi connectivity index (χ0n) is 14.1. The summed E-state index contributed by atoms with van der Waals surface area (Å²) in [6, 6.07) is 7.26. The molecule has 0 aliphatic rings. The molecule has 0 N–H and O–H groups in total. The number of carbonyl (C=O) groups is 3. The van der Waals surface area contributed by atoms with Crippen molar-refractivity contribution in [2.75, 3.05) is 4.90 Å². The van der Waals surface area contributed by atoms with Crippen molar-refractivity contribution in [1.29, 1.82) is 0 Å². The first-order chi connectivity index (χ1) is 12.6. The SMILES string of the molecule is CC(=O)Oc1ccc(Cl)cc1C(=O)N(C(C)=O)c1ccc([N+](=O)[O-])cc1Cl. The average molecular weight is 411 g/mol. The zero-order valence-corrected chi connectivity index (χ0v) is 15.6. The van der Waals surface area contributed by atoms with Crippen LogP contribution < -0.4 is 9.64 Å². The summed E-state index contributed by atoms with van der Waals surface area (Å²) >= 11 is 12.0. The molecule has 0 aliphatic heterocycles. The number of nitro benzene ring substituents is 1. The van der Waals surface area contributed by atoms with E-state index in [2.05, 4.69) is 0 Å². The molecule has 140 valence electrons. The van der Waals surface area contributed by atoms with Gasteiger partial charge in [0.15, 0.2) is 0 Å². The third kappa shape index (κ3) is 4.60. The molecule has 0 fully saturated rings. The van der Waals surface area contributed by atoms with E-state index < -0.39 is 22.7 Å². The highest BCUT2D eigenvalue weighted by Gasteiger charge is 2.28. The first kappa shape index (κ1) is 20.3. The molecular weight excluding hydrogens is 399 g/mol. The largest absolute Gasteiger partial charge is 0.426 e. The number of benzene rings is 2. The van der Waals surface area contributed by atoms with Crippen molar-refractivity contribution in [1.82, 2.24) is 0 Å². The first-order valence-corrected chi connectivity index (χ1v) is 8.14. The van der Waals surface area contributed by atoms with E-state index in [0.717, 1.165) is 26.0 Å². The number of imide groups is 1. The molecule has 0 bridgehead atoms. The molecule has 2 aromatic rings. The van der Waals surface area contributed by atoms with Crippen LogP contribution >= 0.6 is 23.2 Å². The molecule has 0 spiro atoms. The summed E-state index contributed by atoms with van der Waals surface area (Å²) in [5.74, 6) is -2.34. The molecule has 0 unspecified atom stereocenters. The van der Waals surface area contributed by atoms with Crippen molar-refractivity contribution < 1.29 is 24.0 Å². The minimum Gasteiger partial charge on any atom is -0.426 e. The van der Waals surface area contributed by atoms with Crippen molar-refractivity contribution in [3.8, 4) is 5.75 Å². The van der Waals surface area contributed by atoms with Gasteiger partial charge in [-0.05, 0) is 24.3 Å². The molecule has 0 radical (unpaired) electrons. The summed E-state index contributed by atoms with van der Waals surface area (Å²) in [4.78, 5) is 47.3. The molecule has 2 rings (SSSR count). The minimum atomic E-state index is -0.864. The van der Waals surface area contributed by atoms with Crippen LogP contribution in [0.25, 0.3) is 0 Å². The van der Waals surface area contributed by atoms with Crippen molar-refractivity contribution in [3.05, 3.63) is 62.1 Å². The lowest BCUT2D eigenvalue weighted by molar-refractivity contribution is -0.384. The lowest BCUT2D eigenvalue weighted by Crippen LogP contribution is -2.35. The number of amides is 2. The van der Waals surface area contributed by atoms with E-state index in [1.165, 1.54) is 24.3 Å². The van der Waals surface area contributed by atoms with Crippen LogP contribution in [0.3, 0.4) is 0 Å². The smallest absolute Gasteiger partial charge is 0.308 e. The molecule has 0 atom stereocenters. The van der Waals surface area contributed by atoms with Crippen LogP contribution in [-0.4, -0.2) is 22.7 Å². The highest BCUT2D eigenvalue weighted by atomic mass is 35.5. The maximum atomic E-state index is 13.0. The van der Waals surface area contributed by atoms with E-state index in [4.69, 9.17) is 27.9 Å². The van der Waals surface area contributed by atoms with Gasteiger partial charge in [-0.15, -0.1) is 0 Å². The molecule has 8 nitrogen and oxygen atoms in total. The van der Waals surface area contributed by atoms with Crippen molar-refractivity contribution in [2.45, 2.75) is 13.8 Å². The fraction of sp³-hybridized carbons (Fsp3) is 0.118. The number of esters is 1. The van der Waals surface area contributed by atoms with Crippen LogP contribution in [0.4, 0.5) is 11.4 Å². The lowest BCUT2D eigenvalue weighted by Gasteiger charge is -2.21. The highest BCUT2D eigenvalue weighted by molar-refractivity contribution is 6.36. The predicted octanol–water partition coefficient (Wildman–Crippen LogP) is 4.02. The molecule has 2 amide bonds. The number of anilines is 1. The maximum Gasteiger partial charge on any atom is 0.308 e. The van der Waals surface area contributed by atoms with Gasteiger partial charge in [0.1, 0.15) is 5.75 Å². The molecule has 27 heavy (non-hydrogen) atoms. The zero-order chi connectivity index (χ0) is 20.3. The van der Waals surface area contributed by atoms with Gasteiger partial charge in [0.05, 0.1) is 21.2 Å². The van der Waals surface area contributed by atoms with Crippen LogP contribution in [-0.2, 0) is 9.59 Å². The number of halogens is 2. The molecule has 0 heterocycles. The Morgan fingerprint density at radius 3 is 2.26 bits per heavy atom. The Kier molecular flexibility index (Phi) is 6.14. The molecule has 0 aromatic heterocycles. The van der Waals surface area contributed by atoms with Crippen LogP contribution in [0.1, 0.15) is 24.2 Å². The second kappa shape index (κ2) is 8.15. The molecule has 0 aliphatic carbocycles. The number of hydrogen-bond donors (Lipinski definition) is 0. The van der Waals surface area contributed by atoms with Gasteiger partial charge in [0.25, 0.3) is 11.6 Å². The molecule has 10 heteroatoms. The summed E-state index contributed by atoms with van der Waals surface area (Å²) in [6.45, 7) is 2.27. The molecule has 0 saturated heterocycles. The van der Waals surface area contributed by atoms with E-state index in [9.17, 15) is 24.5 Å². The van der Waals surface area contributed by atoms with Crippen molar-refractivity contribution in [3.63, 3.8) is 0 Å². The lowest BCUT2D eigenvalue weighted by atomic mass is 10.1. The summed E-state index contributed by atoms with van der Waals surface area (Å²) in [5.41, 5.74) is -0.515. The Morgan fingerprint density at radius 1 is 1.07 bits per heavy atom. The standard InChI is InChI=1S/C17H12Cl2N2O6/c1-9(22)20(15-5-4-12(21(25)26)8-14(15)19)17(24)13-7-11(18)3-6-16(13)27-10(2)23/h3-8H,1-2H3. The van der Waals surface area contributed by atoms with Crippen LogP contribution in [0.2, 0.25) is 10.0 Å². The Morgan fingerprint density at radius 2 is 1.74 bits per heavy atom. The van der Waals surface area contributed by atoms with E-state index >= 15 is 0 Å². The normalized spacial score (nSPS) is 10.2. The fourth-order valence-electron chi connectivity index (χ4n) is 2.25. The molecular formula is C17H12Cl2N2O6. The molecule has 0 saturated carbocycles. The second-order valence-corrected chi connectivity index (χ2v) is 6.13. The Labute approximate surface area is 163 Å². The van der Waals surface area contributed by atoms with Gasteiger partial charge in [-0.25, -0.2) is 4.90 Å². The van der Waals surface area contributed by atoms with E-state index in [1.54, 1.807) is 0 Å². The first-order valence-electron chi connectivity index (χ1n) is 7.38.